The zero-order valence-corrected chi connectivity index (χ0v) is 13.7. The van der Waals surface area contributed by atoms with Gasteiger partial charge in [0.15, 0.2) is 0 Å². The SMILES string of the molecule is NS(=O)(=O)CCCNC(=O)c1cc(Cl)nc(N2CCCC2)c1. The molecule has 0 unspecified atom stereocenters. The van der Waals surface area contributed by atoms with Crippen molar-refractivity contribution in [2.75, 3.05) is 30.3 Å². The number of rotatable bonds is 6. The Morgan fingerprint density at radius 3 is 2.68 bits per heavy atom. The van der Waals surface area contributed by atoms with E-state index in [2.05, 4.69) is 15.2 Å². The van der Waals surface area contributed by atoms with Crippen molar-refractivity contribution in [3.05, 3.63) is 22.8 Å². The molecule has 1 aromatic heterocycles. The second-order valence-corrected chi connectivity index (χ2v) is 7.33. The smallest absolute Gasteiger partial charge is 0.251 e. The number of carbonyl (C=O) groups excluding carboxylic acids is 1. The number of hydrogen-bond donors (Lipinski definition) is 2. The van der Waals surface area contributed by atoms with Crippen LogP contribution in [0.5, 0.6) is 0 Å². The number of carbonyl (C=O) groups is 1. The zero-order chi connectivity index (χ0) is 16.2. The van der Waals surface area contributed by atoms with E-state index in [1.807, 2.05) is 0 Å². The lowest BCUT2D eigenvalue weighted by Crippen LogP contribution is -2.28. The molecule has 0 spiro atoms. The van der Waals surface area contributed by atoms with Gasteiger partial charge < -0.3 is 10.2 Å². The molecule has 0 radical (unpaired) electrons. The minimum absolute atomic E-state index is 0.163. The Bertz CT molecular complexity index is 645. The van der Waals surface area contributed by atoms with Gasteiger partial charge in [-0.3, -0.25) is 4.79 Å². The maximum Gasteiger partial charge on any atom is 0.251 e. The summed E-state index contributed by atoms with van der Waals surface area (Å²) in [6.07, 6.45) is 2.47. The molecule has 2 heterocycles. The van der Waals surface area contributed by atoms with E-state index in [0.717, 1.165) is 25.9 Å². The summed E-state index contributed by atoms with van der Waals surface area (Å²) in [7, 11) is -3.50. The van der Waals surface area contributed by atoms with Crippen molar-refractivity contribution < 1.29 is 13.2 Å². The fourth-order valence-electron chi connectivity index (χ4n) is 2.30. The minimum atomic E-state index is -3.50. The van der Waals surface area contributed by atoms with Crippen LogP contribution in [-0.2, 0) is 10.0 Å². The van der Waals surface area contributed by atoms with Gasteiger partial charge in [-0.15, -0.1) is 0 Å². The number of primary sulfonamides is 1. The Labute approximate surface area is 134 Å². The van der Waals surface area contributed by atoms with Crippen molar-refractivity contribution in [3.8, 4) is 0 Å². The first kappa shape index (κ1) is 17.0. The maximum absolute atomic E-state index is 12.1. The van der Waals surface area contributed by atoms with Crippen LogP contribution in [0.2, 0.25) is 5.15 Å². The van der Waals surface area contributed by atoms with Crippen LogP contribution in [0.15, 0.2) is 12.1 Å². The van der Waals surface area contributed by atoms with Gasteiger partial charge in [-0.05, 0) is 31.4 Å². The third-order valence-corrected chi connectivity index (χ3v) is 4.42. The normalized spacial score (nSPS) is 15.1. The molecule has 7 nitrogen and oxygen atoms in total. The summed E-state index contributed by atoms with van der Waals surface area (Å²) < 4.78 is 21.6. The fourth-order valence-corrected chi connectivity index (χ4v) is 3.05. The zero-order valence-electron chi connectivity index (χ0n) is 12.1. The molecule has 9 heteroatoms. The molecular weight excluding hydrogens is 328 g/mol. The molecular formula is C13H19ClN4O3S. The molecule has 0 aliphatic carbocycles. The van der Waals surface area contributed by atoms with Gasteiger partial charge in [0, 0.05) is 25.2 Å². The van der Waals surface area contributed by atoms with Crippen LogP contribution in [0.3, 0.4) is 0 Å². The Kier molecular flexibility index (Phi) is 5.60. The summed E-state index contributed by atoms with van der Waals surface area (Å²) in [5.74, 6) is 0.225. The third-order valence-electron chi connectivity index (χ3n) is 3.36. The lowest BCUT2D eigenvalue weighted by molar-refractivity contribution is 0.0953. The summed E-state index contributed by atoms with van der Waals surface area (Å²) in [6.45, 7) is 2.04. The van der Waals surface area contributed by atoms with Crippen LogP contribution in [0.4, 0.5) is 5.82 Å². The van der Waals surface area contributed by atoms with Crippen molar-refractivity contribution in [3.63, 3.8) is 0 Å². The van der Waals surface area contributed by atoms with Crippen molar-refractivity contribution in [1.82, 2.24) is 10.3 Å². The third kappa shape index (κ3) is 5.11. The van der Waals surface area contributed by atoms with Gasteiger partial charge >= 0.3 is 0 Å². The molecule has 1 amide bonds. The monoisotopic (exact) mass is 346 g/mol. The molecule has 122 valence electrons. The van der Waals surface area contributed by atoms with Crippen molar-refractivity contribution >= 4 is 33.3 Å². The molecule has 3 N–H and O–H groups in total. The van der Waals surface area contributed by atoms with Crippen LogP contribution in [0.1, 0.15) is 29.6 Å². The summed E-state index contributed by atoms with van der Waals surface area (Å²) in [5, 5.41) is 7.82. The van der Waals surface area contributed by atoms with Gasteiger partial charge in [0.05, 0.1) is 5.75 Å². The molecule has 0 aromatic carbocycles. The molecule has 2 rings (SSSR count). The van der Waals surface area contributed by atoms with E-state index in [-0.39, 0.29) is 29.8 Å². The van der Waals surface area contributed by atoms with Gasteiger partial charge in [0.1, 0.15) is 11.0 Å². The van der Waals surface area contributed by atoms with Gasteiger partial charge in [0.25, 0.3) is 5.91 Å². The van der Waals surface area contributed by atoms with E-state index < -0.39 is 10.0 Å². The van der Waals surface area contributed by atoms with Gasteiger partial charge in [-0.25, -0.2) is 18.5 Å². The molecule has 0 saturated carbocycles. The van der Waals surface area contributed by atoms with Crippen molar-refractivity contribution in [1.29, 1.82) is 0 Å². The predicted molar refractivity (Wildman–Crippen MR) is 85.6 cm³/mol. The highest BCUT2D eigenvalue weighted by Crippen LogP contribution is 2.22. The number of nitrogens with one attached hydrogen (secondary N) is 1. The number of amides is 1. The Morgan fingerprint density at radius 1 is 1.36 bits per heavy atom. The van der Waals surface area contributed by atoms with Gasteiger partial charge in [-0.2, -0.15) is 0 Å². The van der Waals surface area contributed by atoms with Gasteiger partial charge in [0.2, 0.25) is 10.0 Å². The van der Waals surface area contributed by atoms with Crippen molar-refractivity contribution in [2.45, 2.75) is 19.3 Å². The molecule has 0 atom stereocenters. The predicted octanol–water partition coefficient (Wildman–Crippen LogP) is 0.744. The number of aromatic nitrogens is 1. The van der Waals surface area contributed by atoms with Crippen LogP contribution in [-0.4, -0.2) is 44.7 Å². The summed E-state index contributed by atoms with van der Waals surface area (Å²) in [4.78, 5) is 18.4. The summed E-state index contributed by atoms with van der Waals surface area (Å²) >= 11 is 5.98. The number of pyridine rings is 1. The minimum Gasteiger partial charge on any atom is -0.357 e. The van der Waals surface area contributed by atoms with E-state index >= 15 is 0 Å². The molecule has 1 saturated heterocycles. The number of sulfonamides is 1. The van der Waals surface area contributed by atoms with Crippen LogP contribution in [0.25, 0.3) is 0 Å². The lowest BCUT2D eigenvalue weighted by atomic mass is 10.2. The molecule has 0 bridgehead atoms. The first-order chi connectivity index (χ1) is 10.3. The quantitative estimate of drug-likeness (QED) is 0.584. The molecule has 1 fully saturated rings. The number of nitrogens with zero attached hydrogens (tertiary/aromatic N) is 2. The second-order valence-electron chi connectivity index (χ2n) is 5.21. The largest absolute Gasteiger partial charge is 0.357 e. The van der Waals surface area contributed by atoms with E-state index in [0.29, 0.717) is 11.4 Å². The number of nitrogens with two attached hydrogens (primary N) is 1. The molecule has 1 aromatic rings. The van der Waals surface area contributed by atoms with Crippen LogP contribution < -0.4 is 15.4 Å². The lowest BCUT2D eigenvalue weighted by Gasteiger charge is -2.17. The average molecular weight is 347 g/mol. The average Bonchev–Trinajstić information content (AvgIpc) is 2.95. The highest BCUT2D eigenvalue weighted by Gasteiger charge is 2.17. The Morgan fingerprint density at radius 2 is 2.05 bits per heavy atom. The molecule has 1 aliphatic rings. The van der Waals surface area contributed by atoms with E-state index in [1.165, 1.54) is 6.07 Å². The van der Waals surface area contributed by atoms with Gasteiger partial charge in [-0.1, -0.05) is 11.6 Å². The highest BCUT2D eigenvalue weighted by atomic mass is 35.5. The second kappa shape index (κ2) is 7.26. The first-order valence-corrected chi connectivity index (χ1v) is 9.16. The standard InChI is InChI=1S/C13H19ClN4O3S/c14-11-8-10(9-12(17-11)18-5-1-2-6-18)13(19)16-4-3-7-22(15,20)21/h8-9H,1-7H2,(H,16,19)(H2,15,20,21). The highest BCUT2D eigenvalue weighted by molar-refractivity contribution is 7.89. The summed E-state index contributed by atoms with van der Waals surface area (Å²) in [5.41, 5.74) is 0.414. The molecule has 1 aliphatic heterocycles. The summed E-state index contributed by atoms with van der Waals surface area (Å²) in [6, 6.07) is 3.20. The fraction of sp³-hybridized carbons (Fsp3) is 0.538. The van der Waals surface area contributed by atoms with Crippen LogP contribution in [0, 0.1) is 0 Å². The van der Waals surface area contributed by atoms with E-state index in [4.69, 9.17) is 16.7 Å². The number of anilines is 1. The Hall–Kier alpha value is -1.38. The van der Waals surface area contributed by atoms with E-state index in [1.54, 1.807) is 6.07 Å². The van der Waals surface area contributed by atoms with Crippen LogP contribution >= 0.6 is 11.6 Å². The van der Waals surface area contributed by atoms with E-state index in [9.17, 15) is 13.2 Å². The topological polar surface area (TPSA) is 105 Å². The first-order valence-electron chi connectivity index (χ1n) is 7.06. The number of halogens is 1. The molecule has 22 heavy (non-hydrogen) atoms. The Balaban J connectivity index is 1.97. The number of hydrogen-bond acceptors (Lipinski definition) is 5. The maximum atomic E-state index is 12.1. The van der Waals surface area contributed by atoms with Crippen molar-refractivity contribution in [2.24, 2.45) is 5.14 Å².